The number of rotatable bonds is 9. The summed E-state index contributed by atoms with van der Waals surface area (Å²) in [5.41, 5.74) is 1.19. The molecular weight excluding hydrogens is 280 g/mol. The summed E-state index contributed by atoms with van der Waals surface area (Å²) in [6.45, 7) is 7.79. The standard InChI is InChI=1S/C17H30N2OS/c1-6-15(7-2)13-19(4)14(3)17(18-21(5)20)16-11-9-8-10-12-16/h8-12,14-15,17-18H,6-7,13H2,1-5H3/t14?,17-,21?/m0/s1. The zero-order valence-corrected chi connectivity index (χ0v) is 14.8. The first-order valence-corrected chi connectivity index (χ1v) is 9.40. The van der Waals surface area contributed by atoms with Gasteiger partial charge in [-0.2, -0.15) is 0 Å². The van der Waals surface area contributed by atoms with Crippen LogP contribution in [-0.2, 0) is 11.4 Å². The molecule has 3 nitrogen and oxygen atoms in total. The van der Waals surface area contributed by atoms with E-state index in [0.29, 0.717) is 0 Å². The monoisotopic (exact) mass is 310 g/mol. The summed E-state index contributed by atoms with van der Waals surface area (Å²) in [5.74, 6) is 0.723. The van der Waals surface area contributed by atoms with Gasteiger partial charge in [0, 0.05) is 23.9 Å². The fourth-order valence-electron chi connectivity index (χ4n) is 2.66. The van der Waals surface area contributed by atoms with Crippen LogP contribution >= 0.6 is 0 Å². The Hall–Kier alpha value is -0.550. The Morgan fingerprint density at radius 2 is 1.76 bits per heavy atom. The van der Waals surface area contributed by atoms with Crippen LogP contribution in [0.25, 0.3) is 0 Å². The van der Waals surface area contributed by atoms with Crippen LogP contribution in [0.4, 0.5) is 0 Å². The maximum Gasteiger partial charge on any atom is 0.115 e. The summed E-state index contributed by atoms with van der Waals surface area (Å²) in [5, 5.41) is 0. The van der Waals surface area contributed by atoms with E-state index >= 15 is 0 Å². The van der Waals surface area contributed by atoms with E-state index in [-0.39, 0.29) is 12.1 Å². The molecule has 0 aromatic heterocycles. The first-order valence-electron chi connectivity index (χ1n) is 7.84. The average molecular weight is 311 g/mol. The summed E-state index contributed by atoms with van der Waals surface area (Å²) >= 11 is -1.03. The minimum absolute atomic E-state index is 0.0800. The number of hydrogen-bond donors (Lipinski definition) is 1. The summed E-state index contributed by atoms with van der Waals surface area (Å²) < 4.78 is 14.9. The molecule has 0 saturated carbocycles. The first-order chi connectivity index (χ1) is 9.99. The number of likely N-dealkylation sites (N-methyl/N-ethyl adjacent to an activating group) is 1. The van der Waals surface area contributed by atoms with Crippen molar-refractivity contribution in [1.82, 2.24) is 9.62 Å². The minimum Gasteiger partial charge on any atom is -0.598 e. The Bertz CT molecular complexity index is 382. The molecular formula is C17H30N2OS. The zero-order chi connectivity index (χ0) is 15.8. The summed E-state index contributed by atoms with van der Waals surface area (Å²) in [6, 6.07) is 10.7. The summed E-state index contributed by atoms with van der Waals surface area (Å²) in [6.07, 6.45) is 4.11. The van der Waals surface area contributed by atoms with Gasteiger partial charge < -0.3 is 9.45 Å². The third-order valence-electron chi connectivity index (χ3n) is 4.33. The molecule has 3 atom stereocenters. The lowest BCUT2D eigenvalue weighted by molar-refractivity contribution is 0.183. The molecule has 0 spiro atoms. The highest BCUT2D eigenvalue weighted by atomic mass is 32.2. The van der Waals surface area contributed by atoms with Crippen molar-refractivity contribution in [1.29, 1.82) is 0 Å². The third kappa shape index (κ3) is 5.99. The second-order valence-electron chi connectivity index (χ2n) is 5.82. The topological polar surface area (TPSA) is 38.3 Å². The van der Waals surface area contributed by atoms with E-state index in [9.17, 15) is 4.55 Å². The molecule has 0 aliphatic rings. The van der Waals surface area contributed by atoms with Gasteiger partial charge in [0.25, 0.3) is 0 Å². The van der Waals surface area contributed by atoms with Crippen LogP contribution in [0.3, 0.4) is 0 Å². The molecule has 0 aliphatic heterocycles. The van der Waals surface area contributed by atoms with Crippen LogP contribution < -0.4 is 4.72 Å². The molecule has 21 heavy (non-hydrogen) atoms. The van der Waals surface area contributed by atoms with E-state index in [2.05, 4.69) is 49.6 Å². The fourth-order valence-corrected chi connectivity index (χ4v) is 3.35. The van der Waals surface area contributed by atoms with Crippen LogP contribution in [0.15, 0.2) is 30.3 Å². The minimum atomic E-state index is -1.03. The molecule has 1 rings (SSSR count). The third-order valence-corrected chi connectivity index (χ3v) is 4.92. The number of nitrogens with zero attached hydrogens (tertiary/aromatic N) is 1. The van der Waals surface area contributed by atoms with Crippen molar-refractivity contribution in [2.24, 2.45) is 5.92 Å². The van der Waals surface area contributed by atoms with E-state index in [4.69, 9.17) is 0 Å². The largest absolute Gasteiger partial charge is 0.598 e. The smallest absolute Gasteiger partial charge is 0.115 e. The Morgan fingerprint density at radius 3 is 2.24 bits per heavy atom. The molecule has 120 valence electrons. The number of benzene rings is 1. The fraction of sp³-hybridized carbons (Fsp3) is 0.647. The SMILES string of the molecule is CCC(CC)CN(C)C(C)[C@H](N[S+](C)[O-])c1ccccc1. The summed E-state index contributed by atoms with van der Waals surface area (Å²) in [4.78, 5) is 2.38. The van der Waals surface area contributed by atoms with Crippen LogP contribution in [-0.4, -0.2) is 35.3 Å². The number of hydrogen-bond acceptors (Lipinski definition) is 3. The van der Waals surface area contributed by atoms with Gasteiger partial charge in [-0.15, -0.1) is 4.72 Å². The van der Waals surface area contributed by atoms with Crippen LogP contribution in [0.5, 0.6) is 0 Å². The van der Waals surface area contributed by atoms with E-state index in [0.717, 1.165) is 12.5 Å². The van der Waals surface area contributed by atoms with Gasteiger partial charge in [-0.1, -0.05) is 57.0 Å². The highest BCUT2D eigenvalue weighted by Gasteiger charge is 2.26. The van der Waals surface area contributed by atoms with E-state index < -0.39 is 11.4 Å². The van der Waals surface area contributed by atoms with Crippen molar-refractivity contribution in [3.05, 3.63) is 35.9 Å². The second-order valence-corrected chi connectivity index (χ2v) is 6.97. The van der Waals surface area contributed by atoms with Gasteiger partial charge in [0.2, 0.25) is 0 Å². The van der Waals surface area contributed by atoms with Gasteiger partial charge in [0.15, 0.2) is 0 Å². The van der Waals surface area contributed by atoms with Gasteiger partial charge in [-0.3, -0.25) is 0 Å². The molecule has 1 N–H and O–H groups in total. The Balaban J connectivity index is 2.82. The highest BCUT2D eigenvalue weighted by molar-refractivity contribution is 7.88. The molecule has 0 fully saturated rings. The van der Waals surface area contributed by atoms with E-state index in [1.807, 2.05) is 18.2 Å². The molecule has 0 radical (unpaired) electrons. The molecule has 0 heterocycles. The molecule has 1 aromatic carbocycles. The van der Waals surface area contributed by atoms with Crippen molar-refractivity contribution in [3.8, 4) is 0 Å². The Kier molecular flexibility index (Phi) is 8.34. The second kappa shape index (κ2) is 9.46. The van der Waals surface area contributed by atoms with Gasteiger partial charge in [0.1, 0.15) is 6.26 Å². The van der Waals surface area contributed by atoms with Crippen LogP contribution in [0.1, 0.15) is 45.2 Å². The van der Waals surface area contributed by atoms with Gasteiger partial charge in [-0.05, 0) is 25.5 Å². The van der Waals surface area contributed by atoms with Crippen LogP contribution in [0.2, 0.25) is 0 Å². The van der Waals surface area contributed by atoms with E-state index in [1.165, 1.54) is 18.4 Å². The molecule has 4 heteroatoms. The van der Waals surface area contributed by atoms with Crippen molar-refractivity contribution < 1.29 is 4.55 Å². The Labute approximate surface area is 133 Å². The van der Waals surface area contributed by atoms with Gasteiger partial charge in [0.05, 0.1) is 6.04 Å². The maximum absolute atomic E-state index is 11.7. The summed E-state index contributed by atoms with van der Waals surface area (Å²) in [7, 11) is 2.17. The predicted octanol–water partition coefficient (Wildman–Crippen LogP) is 3.37. The molecule has 0 bridgehead atoms. The number of nitrogens with one attached hydrogen (secondary N) is 1. The van der Waals surface area contributed by atoms with Crippen molar-refractivity contribution in [2.75, 3.05) is 19.8 Å². The van der Waals surface area contributed by atoms with Crippen molar-refractivity contribution in [3.63, 3.8) is 0 Å². The molecule has 0 aliphatic carbocycles. The highest BCUT2D eigenvalue weighted by Crippen LogP contribution is 2.22. The van der Waals surface area contributed by atoms with Gasteiger partial charge in [-0.25, -0.2) is 0 Å². The lowest BCUT2D eigenvalue weighted by Gasteiger charge is -2.34. The van der Waals surface area contributed by atoms with E-state index in [1.54, 1.807) is 6.26 Å². The molecule has 0 saturated heterocycles. The molecule has 2 unspecified atom stereocenters. The maximum atomic E-state index is 11.7. The zero-order valence-electron chi connectivity index (χ0n) is 14.0. The molecule has 1 aromatic rings. The average Bonchev–Trinajstić information content (AvgIpc) is 2.50. The lowest BCUT2D eigenvalue weighted by Crippen LogP contribution is -2.44. The van der Waals surface area contributed by atoms with Crippen LogP contribution in [0, 0.1) is 5.92 Å². The Morgan fingerprint density at radius 1 is 1.19 bits per heavy atom. The lowest BCUT2D eigenvalue weighted by atomic mass is 9.98. The predicted molar refractivity (Wildman–Crippen MR) is 92.5 cm³/mol. The first kappa shape index (κ1) is 18.5. The van der Waals surface area contributed by atoms with Crippen molar-refractivity contribution >= 4 is 11.4 Å². The normalized spacial score (nSPS) is 16.2. The molecule has 0 amide bonds. The van der Waals surface area contributed by atoms with Gasteiger partial charge >= 0.3 is 0 Å². The van der Waals surface area contributed by atoms with Crippen molar-refractivity contribution in [2.45, 2.75) is 45.7 Å². The quantitative estimate of drug-likeness (QED) is 0.711.